The van der Waals surface area contributed by atoms with E-state index in [2.05, 4.69) is 37.4 Å². The summed E-state index contributed by atoms with van der Waals surface area (Å²) in [5, 5.41) is 12.9. The lowest BCUT2D eigenvalue weighted by Gasteiger charge is -2.34. The van der Waals surface area contributed by atoms with Crippen LogP contribution in [0.2, 0.25) is 0 Å². The van der Waals surface area contributed by atoms with E-state index < -0.39 is 0 Å². The van der Waals surface area contributed by atoms with Crippen molar-refractivity contribution in [1.82, 2.24) is 10.2 Å². The molecule has 4 nitrogen and oxygen atoms in total. The number of amides is 2. The molecule has 3 atom stereocenters. The van der Waals surface area contributed by atoms with E-state index in [9.17, 15) is 9.90 Å². The predicted molar refractivity (Wildman–Crippen MR) is 91.3 cm³/mol. The molecule has 0 spiro atoms. The van der Waals surface area contributed by atoms with E-state index in [0.29, 0.717) is 11.8 Å². The highest BCUT2D eigenvalue weighted by Crippen LogP contribution is 2.36. The molecule has 1 aliphatic carbocycles. The molecule has 1 aromatic carbocycles. The van der Waals surface area contributed by atoms with E-state index >= 15 is 0 Å². The third kappa shape index (κ3) is 3.37. The lowest BCUT2D eigenvalue weighted by molar-refractivity contribution is 0.0790. The van der Waals surface area contributed by atoms with Crippen LogP contribution in [0.3, 0.4) is 0 Å². The maximum Gasteiger partial charge on any atom is 0.317 e. The summed E-state index contributed by atoms with van der Waals surface area (Å²) in [5.74, 6) is 0.763. The number of urea groups is 1. The molecular weight excluding hydrogens is 288 g/mol. The summed E-state index contributed by atoms with van der Waals surface area (Å²) in [6, 6.07) is 6.72. The highest BCUT2D eigenvalue weighted by atomic mass is 16.3. The van der Waals surface area contributed by atoms with Crippen molar-refractivity contribution in [3.8, 4) is 0 Å². The van der Waals surface area contributed by atoms with E-state index in [1.807, 2.05) is 11.8 Å². The van der Waals surface area contributed by atoms with E-state index in [-0.39, 0.29) is 18.2 Å². The van der Waals surface area contributed by atoms with Crippen LogP contribution in [0.15, 0.2) is 18.2 Å². The van der Waals surface area contributed by atoms with E-state index in [1.54, 1.807) is 0 Å². The first-order chi connectivity index (χ1) is 11.0. The number of nitrogens with zero attached hydrogens (tertiary/aromatic N) is 1. The van der Waals surface area contributed by atoms with Crippen molar-refractivity contribution in [2.75, 3.05) is 13.1 Å². The molecule has 2 amide bonds. The van der Waals surface area contributed by atoms with Crippen molar-refractivity contribution >= 4 is 6.03 Å². The zero-order valence-electron chi connectivity index (χ0n) is 14.4. The number of hydrogen-bond acceptors (Lipinski definition) is 2. The number of hydrogen-bond donors (Lipinski definition) is 2. The molecular formula is C19H28N2O2. The quantitative estimate of drug-likeness (QED) is 0.881. The van der Waals surface area contributed by atoms with E-state index in [1.165, 1.54) is 16.7 Å². The third-order valence-corrected chi connectivity index (χ3v) is 5.54. The minimum absolute atomic E-state index is 0.0419. The van der Waals surface area contributed by atoms with Gasteiger partial charge in [0.15, 0.2) is 0 Å². The number of fused-ring (bicyclic) bond motifs is 1. The molecule has 0 saturated carbocycles. The highest BCUT2D eigenvalue weighted by Gasteiger charge is 2.33. The minimum Gasteiger partial charge on any atom is -0.393 e. The van der Waals surface area contributed by atoms with Crippen LogP contribution in [-0.4, -0.2) is 35.2 Å². The van der Waals surface area contributed by atoms with Gasteiger partial charge >= 0.3 is 6.03 Å². The van der Waals surface area contributed by atoms with E-state index in [0.717, 1.165) is 32.4 Å². The van der Waals surface area contributed by atoms with Crippen LogP contribution in [0.5, 0.6) is 0 Å². The second kappa shape index (κ2) is 6.52. The number of aryl methyl sites for hydroxylation is 1. The van der Waals surface area contributed by atoms with Gasteiger partial charge in [0, 0.05) is 13.1 Å². The second-order valence-corrected chi connectivity index (χ2v) is 7.38. The fourth-order valence-corrected chi connectivity index (χ4v) is 3.99. The van der Waals surface area contributed by atoms with Gasteiger partial charge in [-0.1, -0.05) is 30.7 Å². The second-order valence-electron chi connectivity index (χ2n) is 7.38. The number of rotatable bonds is 2. The van der Waals surface area contributed by atoms with Gasteiger partial charge in [-0.15, -0.1) is 0 Å². The summed E-state index contributed by atoms with van der Waals surface area (Å²) in [7, 11) is 0. The maximum atomic E-state index is 12.6. The summed E-state index contributed by atoms with van der Waals surface area (Å²) in [6.07, 6.45) is 2.54. The minimum atomic E-state index is -0.273. The molecule has 1 fully saturated rings. The Bertz CT molecular complexity index is 577. The molecule has 3 unspecified atom stereocenters. The van der Waals surface area contributed by atoms with Crippen molar-refractivity contribution in [3.63, 3.8) is 0 Å². The summed E-state index contributed by atoms with van der Waals surface area (Å²) in [6.45, 7) is 7.63. The van der Waals surface area contributed by atoms with Crippen molar-refractivity contribution in [2.24, 2.45) is 11.8 Å². The van der Waals surface area contributed by atoms with Crippen LogP contribution >= 0.6 is 0 Å². The fourth-order valence-electron chi connectivity index (χ4n) is 3.99. The number of likely N-dealkylation sites (tertiary alicyclic amines) is 1. The SMILES string of the molecule is Cc1ccc2c(c1)C(NC(=O)N1CCC(C(C)O)CC1)C(C)C2. The maximum absolute atomic E-state index is 12.6. The standard InChI is InChI=1S/C19H28N2O2/c1-12-4-5-16-11-13(2)18(17(16)10-12)20-19(23)21-8-6-15(7-9-21)14(3)22/h4-5,10,13-15,18,22H,6-9,11H2,1-3H3,(H,20,23). The average molecular weight is 316 g/mol. The van der Waals surface area contributed by atoms with Crippen LogP contribution < -0.4 is 5.32 Å². The number of aliphatic hydroxyl groups excluding tert-OH is 1. The number of benzene rings is 1. The van der Waals surface area contributed by atoms with Gasteiger partial charge in [-0.05, 0) is 56.1 Å². The van der Waals surface area contributed by atoms with Gasteiger partial charge in [-0.25, -0.2) is 4.79 Å². The van der Waals surface area contributed by atoms with Gasteiger partial charge in [-0.2, -0.15) is 0 Å². The number of nitrogens with one attached hydrogen (secondary N) is 1. The van der Waals surface area contributed by atoms with Crippen molar-refractivity contribution < 1.29 is 9.90 Å². The smallest absolute Gasteiger partial charge is 0.317 e. The zero-order chi connectivity index (χ0) is 16.6. The topological polar surface area (TPSA) is 52.6 Å². The zero-order valence-corrected chi connectivity index (χ0v) is 14.4. The Morgan fingerprint density at radius 3 is 2.70 bits per heavy atom. The van der Waals surface area contributed by atoms with Crippen LogP contribution in [0.1, 0.15) is 49.4 Å². The summed E-state index contributed by atoms with van der Waals surface area (Å²) < 4.78 is 0. The Balaban J connectivity index is 1.64. The lowest BCUT2D eigenvalue weighted by atomic mass is 9.92. The van der Waals surface area contributed by atoms with Gasteiger partial charge in [0.2, 0.25) is 0 Å². The molecule has 1 heterocycles. The molecule has 1 saturated heterocycles. The van der Waals surface area contributed by atoms with Gasteiger partial charge in [0.25, 0.3) is 0 Å². The normalized spacial score (nSPS) is 26.0. The number of aliphatic hydroxyl groups is 1. The van der Waals surface area contributed by atoms with Crippen LogP contribution in [0, 0.1) is 18.8 Å². The van der Waals surface area contributed by atoms with Gasteiger partial charge in [0.05, 0.1) is 12.1 Å². The van der Waals surface area contributed by atoms with Gasteiger partial charge in [0.1, 0.15) is 0 Å². The van der Waals surface area contributed by atoms with Crippen molar-refractivity contribution in [2.45, 2.75) is 52.2 Å². The fraction of sp³-hybridized carbons (Fsp3) is 0.632. The van der Waals surface area contributed by atoms with Crippen molar-refractivity contribution in [1.29, 1.82) is 0 Å². The molecule has 3 rings (SSSR count). The first-order valence-corrected chi connectivity index (χ1v) is 8.78. The molecule has 23 heavy (non-hydrogen) atoms. The molecule has 4 heteroatoms. The molecule has 0 bridgehead atoms. The molecule has 0 aromatic heterocycles. The largest absolute Gasteiger partial charge is 0.393 e. The number of piperidine rings is 1. The summed E-state index contributed by atoms with van der Waals surface area (Å²) >= 11 is 0. The third-order valence-electron chi connectivity index (χ3n) is 5.54. The molecule has 2 aliphatic rings. The predicted octanol–water partition coefficient (Wildman–Crippen LogP) is 3.03. The molecule has 0 radical (unpaired) electrons. The molecule has 2 N–H and O–H groups in total. The highest BCUT2D eigenvalue weighted by molar-refractivity contribution is 5.75. The Morgan fingerprint density at radius 2 is 2.04 bits per heavy atom. The molecule has 126 valence electrons. The van der Waals surface area contributed by atoms with Gasteiger partial charge in [-0.3, -0.25) is 0 Å². The van der Waals surface area contributed by atoms with Crippen LogP contribution in [-0.2, 0) is 6.42 Å². The Labute approximate surface area is 138 Å². The van der Waals surface area contributed by atoms with E-state index in [4.69, 9.17) is 0 Å². The Hall–Kier alpha value is -1.55. The first kappa shape index (κ1) is 16.3. The van der Waals surface area contributed by atoms with Crippen LogP contribution in [0.25, 0.3) is 0 Å². The molecule has 1 aromatic rings. The summed E-state index contributed by atoms with van der Waals surface area (Å²) in [5.41, 5.74) is 3.89. The first-order valence-electron chi connectivity index (χ1n) is 8.78. The Kier molecular flexibility index (Phi) is 4.62. The lowest BCUT2D eigenvalue weighted by Crippen LogP contribution is -2.47. The summed E-state index contributed by atoms with van der Waals surface area (Å²) in [4.78, 5) is 14.5. The monoisotopic (exact) mass is 316 g/mol. The number of carbonyl (C=O) groups is 1. The average Bonchev–Trinajstić information content (AvgIpc) is 2.83. The van der Waals surface area contributed by atoms with Crippen molar-refractivity contribution in [3.05, 3.63) is 34.9 Å². The Morgan fingerprint density at radius 1 is 1.35 bits per heavy atom. The van der Waals surface area contributed by atoms with Crippen LogP contribution in [0.4, 0.5) is 4.79 Å². The molecule has 1 aliphatic heterocycles. The number of carbonyl (C=O) groups excluding carboxylic acids is 1. The van der Waals surface area contributed by atoms with Gasteiger partial charge < -0.3 is 15.3 Å².